The number of benzene rings is 1. The fourth-order valence-corrected chi connectivity index (χ4v) is 2.73. The van der Waals surface area contributed by atoms with Crippen LogP contribution < -0.4 is 5.90 Å². The van der Waals surface area contributed by atoms with Crippen molar-refractivity contribution in [3.8, 4) is 0 Å². The third-order valence-electron chi connectivity index (χ3n) is 3.98. The summed E-state index contributed by atoms with van der Waals surface area (Å²) in [5, 5.41) is 0. The normalized spacial score (nSPS) is 24.8. The van der Waals surface area contributed by atoms with Crippen LogP contribution >= 0.6 is 0 Å². The molecule has 0 radical (unpaired) electrons. The molecule has 0 spiro atoms. The summed E-state index contributed by atoms with van der Waals surface area (Å²) >= 11 is 0. The highest BCUT2D eigenvalue weighted by molar-refractivity contribution is 5.25. The molecule has 0 amide bonds. The van der Waals surface area contributed by atoms with Crippen LogP contribution in [0.1, 0.15) is 49.7 Å². The van der Waals surface area contributed by atoms with Gasteiger partial charge in [0.15, 0.2) is 0 Å². The van der Waals surface area contributed by atoms with Gasteiger partial charge in [-0.1, -0.05) is 44.0 Å². The van der Waals surface area contributed by atoms with Crippen LogP contribution in [0.15, 0.2) is 24.3 Å². The first-order chi connectivity index (χ1) is 8.29. The molecule has 0 unspecified atom stereocenters. The lowest BCUT2D eigenvalue weighted by molar-refractivity contribution is 0.141. The Kier molecular flexibility index (Phi) is 4.57. The monoisotopic (exact) mass is 233 g/mol. The van der Waals surface area contributed by atoms with Gasteiger partial charge in [0.1, 0.15) is 0 Å². The van der Waals surface area contributed by atoms with E-state index >= 15 is 0 Å². The van der Waals surface area contributed by atoms with Crippen LogP contribution in [0.25, 0.3) is 0 Å². The maximum Gasteiger partial charge on any atom is 0.0719 e. The van der Waals surface area contributed by atoms with Gasteiger partial charge in [0.25, 0.3) is 0 Å². The molecule has 1 aromatic carbocycles. The predicted molar refractivity (Wildman–Crippen MR) is 70.7 cm³/mol. The highest BCUT2D eigenvalue weighted by atomic mass is 16.6. The second-order valence-corrected chi connectivity index (χ2v) is 5.32. The zero-order valence-electron chi connectivity index (χ0n) is 10.7. The third-order valence-corrected chi connectivity index (χ3v) is 3.98. The summed E-state index contributed by atoms with van der Waals surface area (Å²) in [6.07, 6.45) is 6.37. The highest BCUT2D eigenvalue weighted by Gasteiger charge is 2.19. The first-order valence-corrected chi connectivity index (χ1v) is 6.70. The lowest BCUT2D eigenvalue weighted by Gasteiger charge is -2.26. The van der Waals surface area contributed by atoms with Crippen LogP contribution in [0.5, 0.6) is 0 Å². The van der Waals surface area contributed by atoms with Crippen LogP contribution in [0.4, 0.5) is 0 Å². The van der Waals surface area contributed by atoms with E-state index in [1.54, 1.807) is 0 Å². The number of hydrogen-bond acceptors (Lipinski definition) is 2. The lowest BCUT2D eigenvalue weighted by atomic mass is 9.79. The molecule has 0 aromatic heterocycles. The standard InChI is InChI=1S/C15H23NO/c1-12-2-6-14(7-3-12)15-8-4-13(5-9-15)10-11-17-16/h4-5,8-9,12,14H,2-3,6-7,10-11,16H2,1H3. The van der Waals surface area contributed by atoms with E-state index < -0.39 is 0 Å². The van der Waals surface area contributed by atoms with Crippen molar-refractivity contribution in [3.63, 3.8) is 0 Å². The first-order valence-electron chi connectivity index (χ1n) is 6.70. The molecular weight excluding hydrogens is 210 g/mol. The fraction of sp³-hybridized carbons (Fsp3) is 0.600. The number of rotatable bonds is 4. The van der Waals surface area contributed by atoms with E-state index in [0.717, 1.165) is 18.3 Å². The van der Waals surface area contributed by atoms with Gasteiger partial charge < -0.3 is 4.84 Å². The van der Waals surface area contributed by atoms with E-state index in [1.165, 1.54) is 36.8 Å². The quantitative estimate of drug-likeness (QED) is 0.809. The summed E-state index contributed by atoms with van der Waals surface area (Å²) in [4.78, 5) is 4.60. The molecule has 0 bridgehead atoms. The highest BCUT2D eigenvalue weighted by Crippen LogP contribution is 2.35. The Morgan fingerprint density at radius 1 is 1.12 bits per heavy atom. The Hall–Kier alpha value is -0.860. The second-order valence-electron chi connectivity index (χ2n) is 5.32. The van der Waals surface area contributed by atoms with E-state index in [-0.39, 0.29) is 0 Å². The maximum atomic E-state index is 5.04. The Bertz CT molecular complexity index is 325. The first kappa shape index (κ1) is 12.6. The van der Waals surface area contributed by atoms with Crippen molar-refractivity contribution in [3.05, 3.63) is 35.4 Å². The van der Waals surface area contributed by atoms with Gasteiger partial charge in [0.05, 0.1) is 6.61 Å². The molecule has 2 heteroatoms. The minimum absolute atomic E-state index is 0.598. The van der Waals surface area contributed by atoms with E-state index in [0.29, 0.717) is 6.61 Å². The molecule has 17 heavy (non-hydrogen) atoms. The second kappa shape index (κ2) is 6.18. The average Bonchev–Trinajstić information content (AvgIpc) is 2.38. The molecular formula is C15H23NO. The summed E-state index contributed by atoms with van der Waals surface area (Å²) in [6.45, 7) is 2.96. The molecule has 0 aliphatic heterocycles. The van der Waals surface area contributed by atoms with Crippen LogP contribution in [0.3, 0.4) is 0 Å². The van der Waals surface area contributed by atoms with Gasteiger partial charge in [-0.15, -0.1) is 0 Å². The van der Waals surface area contributed by atoms with Crippen molar-refractivity contribution < 1.29 is 4.84 Å². The molecule has 2 N–H and O–H groups in total. The molecule has 2 rings (SSSR count). The zero-order valence-corrected chi connectivity index (χ0v) is 10.7. The van der Waals surface area contributed by atoms with Crippen molar-refractivity contribution >= 4 is 0 Å². The topological polar surface area (TPSA) is 35.2 Å². The Morgan fingerprint density at radius 2 is 1.76 bits per heavy atom. The Morgan fingerprint density at radius 3 is 2.35 bits per heavy atom. The van der Waals surface area contributed by atoms with Crippen LogP contribution in [-0.4, -0.2) is 6.61 Å². The molecule has 94 valence electrons. The Labute approximate surface area is 104 Å². The van der Waals surface area contributed by atoms with Gasteiger partial charge in [-0.25, -0.2) is 5.90 Å². The van der Waals surface area contributed by atoms with Crippen LogP contribution in [0, 0.1) is 5.92 Å². The van der Waals surface area contributed by atoms with Crippen LogP contribution in [0.2, 0.25) is 0 Å². The van der Waals surface area contributed by atoms with Crippen molar-refractivity contribution in [2.24, 2.45) is 11.8 Å². The lowest BCUT2D eigenvalue weighted by Crippen LogP contribution is -2.10. The van der Waals surface area contributed by atoms with Gasteiger partial charge in [-0.3, -0.25) is 0 Å². The molecule has 0 heterocycles. The fourth-order valence-electron chi connectivity index (χ4n) is 2.73. The van der Waals surface area contributed by atoms with Crippen molar-refractivity contribution in [1.82, 2.24) is 0 Å². The summed E-state index contributed by atoms with van der Waals surface area (Å²) in [6, 6.07) is 9.00. The van der Waals surface area contributed by atoms with Crippen molar-refractivity contribution in [2.75, 3.05) is 6.61 Å². The predicted octanol–water partition coefficient (Wildman–Crippen LogP) is 3.41. The minimum Gasteiger partial charge on any atom is -0.304 e. The maximum absolute atomic E-state index is 5.04. The molecule has 1 saturated carbocycles. The SMILES string of the molecule is CC1CCC(c2ccc(CCON)cc2)CC1. The van der Waals surface area contributed by atoms with E-state index in [2.05, 4.69) is 36.0 Å². The van der Waals surface area contributed by atoms with E-state index in [1.807, 2.05) is 0 Å². The summed E-state index contributed by atoms with van der Waals surface area (Å²) in [5.74, 6) is 6.74. The van der Waals surface area contributed by atoms with Crippen molar-refractivity contribution in [2.45, 2.75) is 44.9 Å². The van der Waals surface area contributed by atoms with E-state index in [4.69, 9.17) is 5.90 Å². The smallest absolute Gasteiger partial charge is 0.0719 e. The molecule has 0 saturated heterocycles. The largest absolute Gasteiger partial charge is 0.304 e. The summed E-state index contributed by atoms with van der Waals surface area (Å²) in [7, 11) is 0. The molecule has 1 fully saturated rings. The Balaban J connectivity index is 1.93. The molecule has 1 aliphatic carbocycles. The average molecular weight is 233 g/mol. The summed E-state index contributed by atoms with van der Waals surface area (Å²) in [5.41, 5.74) is 2.82. The van der Waals surface area contributed by atoms with E-state index in [9.17, 15) is 0 Å². The zero-order chi connectivity index (χ0) is 12.1. The summed E-state index contributed by atoms with van der Waals surface area (Å²) < 4.78 is 0. The van der Waals surface area contributed by atoms with Gasteiger partial charge in [0, 0.05) is 0 Å². The van der Waals surface area contributed by atoms with Gasteiger partial charge in [-0.2, -0.15) is 0 Å². The van der Waals surface area contributed by atoms with Crippen LogP contribution in [-0.2, 0) is 11.3 Å². The molecule has 1 aliphatic rings. The molecule has 2 nitrogen and oxygen atoms in total. The minimum atomic E-state index is 0.598. The molecule has 1 aromatic rings. The van der Waals surface area contributed by atoms with Gasteiger partial charge in [-0.05, 0) is 42.2 Å². The van der Waals surface area contributed by atoms with Gasteiger partial charge >= 0.3 is 0 Å². The third kappa shape index (κ3) is 3.55. The van der Waals surface area contributed by atoms with Crippen molar-refractivity contribution in [1.29, 1.82) is 0 Å². The van der Waals surface area contributed by atoms with Gasteiger partial charge in [0.2, 0.25) is 0 Å². The number of nitrogens with two attached hydrogens (primary N) is 1. The molecule has 0 atom stereocenters. The number of hydrogen-bond donors (Lipinski definition) is 1.